The standard InChI is InChI=1S/C27H39N5O3/c1-26(2,3)23-18-21(31(4)30-23)24(33)29-27(12-14-28-15-13-27)25(34)32-16-10-19(11-17-32)20-8-6-7-9-22(20)35-5/h6-9,18-19,28H,10-17H2,1-5H3,(H,29,33). The van der Waals surface area contributed by atoms with Crippen molar-refractivity contribution in [3.63, 3.8) is 0 Å². The van der Waals surface area contributed by atoms with Gasteiger partial charge in [0.25, 0.3) is 5.91 Å². The fraction of sp³-hybridized carbons (Fsp3) is 0.593. The molecular formula is C27H39N5O3. The Morgan fingerprint density at radius 1 is 1.14 bits per heavy atom. The first kappa shape index (κ1) is 25.2. The van der Waals surface area contributed by atoms with E-state index in [1.807, 2.05) is 29.2 Å². The van der Waals surface area contributed by atoms with E-state index in [0.29, 0.717) is 50.6 Å². The molecule has 2 amide bonds. The van der Waals surface area contributed by atoms with Gasteiger partial charge in [-0.15, -0.1) is 0 Å². The molecule has 2 aromatic rings. The zero-order valence-electron chi connectivity index (χ0n) is 21.7. The van der Waals surface area contributed by atoms with Crippen LogP contribution in [0.4, 0.5) is 0 Å². The quantitative estimate of drug-likeness (QED) is 0.686. The Hall–Kier alpha value is -2.87. The molecule has 35 heavy (non-hydrogen) atoms. The maximum atomic E-state index is 13.9. The molecule has 0 aliphatic carbocycles. The van der Waals surface area contributed by atoms with E-state index in [1.165, 1.54) is 5.56 Å². The molecule has 1 aromatic carbocycles. The summed E-state index contributed by atoms with van der Waals surface area (Å²) in [6.07, 6.45) is 2.91. The Balaban J connectivity index is 1.49. The normalized spacial score (nSPS) is 18.8. The van der Waals surface area contributed by atoms with Crippen molar-refractivity contribution in [1.29, 1.82) is 0 Å². The molecule has 0 unspecified atom stereocenters. The van der Waals surface area contributed by atoms with Crippen LogP contribution in [0.2, 0.25) is 0 Å². The average molecular weight is 482 g/mol. The summed E-state index contributed by atoms with van der Waals surface area (Å²) in [4.78, 5) is 29.2. The molecule has 0 radical (unpaired) electrons. The molecule has 8 nitrogen and oxygen atoms in total. The molecule has 2 fully saturated rings. The first-order valence-corrected chi connectivity index (χ1v) is 12.6. The van der Waals surface area contributed by atoms with Gasteiger partial charge in [-0.05, 0) is 62.4 Å². The van der Waals surface area contributed by atoms with Gasteiger partial charge in [0.15, 0.2) is 0 Å². The molecule has 1 aromatic heterocycles. The summed E-state index contributed by atoms with van der Waals surface area (Å²) >= 11 is 0. The molecule has 0 spiro atoms. The zero-order chi connectivity index (χ0) is 25.2. The molecule has 4 rings (SSSR count). The molecule has 0 saturated carbocycles. The van der Waals surface area contributed by atoms with Crippen molar-refractivity contribution in [3.05, 3.63) is 47.3 Å². The number of hydrogen-bond acceptors (Lipinski definition) is 5. The van der Waals surface area contributed by atoms with Crippen molar-refractivity contribution in [2.24, 2.45) is 7.05 Å². The number of ether oxygens (including phenoxy) is 1. The second-order valence-electron chi connectivity index (χ2n) is 10.9. The van der Waals surface area contributed by atoms with Crippen molar-refractivity contribution in [3.8, 4) is 5.75 Å². The van der Waals surface area contributed by atoms with Gasteiger partial charge in [-0.2, -0.15) is 5.10 Å². The maximum absolute atomic E-state index is 13.9. The Labute approximate surface area is 208 Å². The number of aryl methyl sites for hydroxylation is 1. The molecule has 190 valence electrons. The highest BCUT2D eigenvalue weighted by Gasteiger charge is 2.44. The molecule has 3 heterocycles. The number of hydrogen-bond donors (Lipinski definition) is 2. The Morgan fingerprint density at radius 3 is 2.40 bits per heavy atom. The Morgan fingerprint density at radius 2 is 1.80 bits per heavy atom. The summed E-state index contributed by atoms with van der Waals surface area (Å²) in [5, 5.41) is 11.0. The summed E-state index contributed by atoms with van der Waals surface area (Å²) in [5.74, 6) is 1.06. The summed E-state index contributed by atoms with van der Waals surface area (Å²) in [5.41, 5.74) is 1.48. The van der Waals surface area contributed by atoms with E-state index in [9.17, 15) is 9.59 Å². The van der Waals surface area contributed by atoms with E-state index in [1.54, 1.807) is 18.8 Å². The summed E-state index contributed by atoms with van der Waals surface area (Å²) in [6, 6.07) is 9.98. The van der Waals surface area contributed by atoms with Crippen LogP contribution in [0.1, 0.15) is 74.1 Å². The molecular weight excluding hydrogens is 442 g/mol. The highest BCUT2D eigenvalue weighted by atomic mass is 16.5. The third-order valence-corrected chi connectivity index (χ3v) is 7.46. The SMILES string of the molecule is COc1ccccc1C1CCN(C(=O)C2(NC(=O)c3cc(C(C)(C)C)nn3C)CCNCC2)CC1. The van der Waals surface area contributed by atoms with Crippen molar-refractivity contribution >= 4 is 11.8 Å². The monoisotopic (exact) mass is 481 g/mol. The molecule has 2 saturated heterocycles. The van der Waals surface area contributed by atoms with E-state index < -0.39 is 5.54 Å². The number of carbonyl (C=O) groups excluding carboxylic acids is 2. The van der Waals surface area contributed by atoms with Crippen LogP contribution in [0, 0.1) is 0 Å². The summed E-state index contributed by atoms with van der Waals surface area (Å²) in [7, 11) is 3.48. The second-order valence-corrected chi connectivity index (χ2v) is 10.9. The Kier molecular flexibility index (Phi) is 7.22. The minimum atomic E-state index is -0.897. The topological polar surface area (TPSA) is 88.5 Å². The highest BCUT2D eigenvalue weighted by Crippen LogP contribution is 2.35. The predicted molar refractivity (Wildman–Crippen MR) is 136 cm³/mol. The van der Waals surface area contributed by atoms with Crippen molar-refractivity contribution in [2.45, 2.75) is 63.3 Å². The van der Waals surface area contributed by atoms with Crippen LogP contribution >= 0.6 is 0 Å². The van der Waals surface area contributed by atoms with Crippen LogP contribution in [0.15, 0.2) is 30.3 Å². The van der Waals surface area contributed by atoms with Crippen LogP contribution < -0.4 is 15.4 Å². The minimum Gasteiger partial charge on any atom is -0.496 e. The molecule has 0 atom stereocenters. The second kappa shape index (κ2) is 10.0. The number of nitrogens with zero attached hydrogens (tertiary/aromatic N) is 3. The smallest absolute Gasteiger partial charge is 0.270 e. The number of para-hydroxylation sites is 1. The van der Waals surface area contributed by atoms with Crippen molar-refractivity contribution in [2.75, 3.05) is 33.3 Å². The molecule has 8 heteroatoms. The first-order valence-electron chi connectivity index (χ1n) is 12.6. The summed E-state index contributed by atoms with van der Waals surface area (Å²) in [6.45, 7) is 8.96. The number of nitrogens with one attached hydrogen (secondary N) is 2. The lowest BCUT2D eigenvalue weighted by molar-refractivity contribution is -0.140. The summed E-state index contributed by atoms with van der Waals surface area (Å²) < 4.78 is 7.18. The van der Waals surface area contributed by atoms with Crippen LogP contribution in [-0.4, -0.2) is 65.3 Å². The molecule has 2 aliphatic heterocycles. The fourth-order valence-corrected chi connectivity index (χ4v) is 5.27. The number of piperidine rings is 2. The highest BCUT2D eigenvalue weighted by molar-refractivity contribution is 5.98. The van der Waals surface area contributed by atoms with E-state index in [-0.39, 0.29) is 17.2 Å². The molecule has 0 bridgehead atoms. The van der Waals surface area contributed by atoms with Gasteiger partial charge in [0, 0.05) is 25.6 Å². The lowest BCUT2D eigenvalue weighted by Gasteiger charge is -2.42. The van der Waals surface area contributed by atoms with E-state index in [4.69, 9.17) is 4.74 Å². The maximum Gasteiger partial charge on any atom is 0.270 e. The predicted octanol–water partition coefficient (Wildman–Crippen LogP) is 2.98. The number of likely N-dealkylation sites (tertiary alicyclic amines) is 1. The van der Waals surface area contributed by atoms with Crippen LogP contribution in [0.5, 0.6) is 5.75 Å². The van der Waals surface area contributed by atoms with Gasteiger partial charge in [-0.3, -0.25) is 14.3 Å². The number of rotatable bonds is 5. The number of benzene rings is 1. The van der Waals surface area contributed by atoms with Crippen LogP contribution in [-0.2, 0) is 17.3 Å². The number of aromatic nitrogens is 2. The van der Waals surface area contributed by atoms with Gasteiger partial charge in [0.1, 0.15) is 17.0 Å². The number of methoxy groups -OCH3 is 1. The minimum absolute atomic E-state index is 0.0315. The fourth-order valence-electron chi connectivity index (χ4n) is 5.27. The van der Waals surface area contributed by atoms with Gasteiger partial charge in [-0.25, -0.2) is 0 Å². The van der Waals surface area contributed by atoms with Crippen LogP contribution in [0.3, 0.4) is 0 Å². The third kappa shape index (κ3) is 5.22. The van der Waals surface area contributed by atoms with E-state index in [0.717, 1.165) is 24.3 Å². The van der Waals surface area contributed by atoms with Crippen molar-refractivity contribution in [1.82, 2.24) is 25.3 Å². The molecule has 2 N–H and O–H groups in total. The van der Waals surface area contributed by atoms with Gasteiger partial charge in [0.2, 0.25) is 5.91 Å². The number of carbonyl (C=O) groups is 2. The lowest BCUT2D eigenvalue weighted by atomic mass is 9.84. The third-order valence-electron chi connectivity index (χ3n) is 7.46. The van der Waals surface area contributed by atoms with E-state index in [2.05, 4.69) is 42.6 Å². The first-order chi connectivity index (χ1) is 16.6. The van der Waals surface area contributed by atoms with Crippen LogP contribution in [0.25, 0.3) is 0 Å². The average Bonchev–Trinajstić information content (AvgIpc) is 3.26. The van der Waals surface area contributed by atoms with Crippen molar-refractivity contribution < 1.29 is 14.3 Å². The lowest BCUT2D eigenvalue weighted by Crippen LogP contribution is -2.64. The number of amides is 2. The largest absolute Gasteiger partial charge is 0.496 e. The van der Waals surface area contributed by atoms with Gasteiger partial charge < -0.3 is 20.3 Å². The van der Waals surface area contributed by atoms with E-state index >= 15 is 0 Å². The van der Waals surface area contributed by atoms with Gasteiger partial charge in [0.05, 0.1) is 12.8 Å². The molecule has 2 aliphatic rings. The Bertz CT molecular complexity index is 1060. The van der Waals surface area contributed by atoms with Gasteiger partial charge in [-0.1, -0.05) is 39.0 Å². The van der Waals surface area contributed by atoms with Gasteiger partial charge >= 0.3 is 0 Å². The zero-order valence-corrected chi connectivity index (χ0v) is 21.7.